The van der Waals surface area contributed by atoms with Crippen molar-refractivity contribution in [3.05, 3.63) is 70.4 Å². The molecule has 0 amide bonds. The molecule has 0 aliphatic carbocycles. The summed E-state index contributed by atoms with van der Waals surface area (Å²) in [5.41, 5.74) is -0.792. The number of esters is 1. The largest absolute Gasteiger partial charge is 0.504 e. The minimum atomic E-state index is -2.05. The van der Waals surface area contributed by atoms with Crippen LogP contribution in [0.15, 0.2) is 63.8 Å². The van der Waals surface area contributed by atoms with E-state index < -0.39 is 126 Å². The number of hydrogen-bond donors (Lipinski definition) is 12. The normalized spacial score (nSPS) is 28.0. The molecule has 0 bridgehead atoms. The fraction of sp³-hybridized carbons (Fsp3) is 0.333. The predicted molar refractivity (Wildman–Crippen MR) is 184 cm³/mol. The number of rotatable bonds is 10. The maximum absolute atomic E-state index is 13.0. The lowest BCUT2D eigenvalue weighted by atomic mass is 9.97. The molecule has 0 saturated carbocycles. The van der Waals surface area contributed by atoms with E-state index in [1.165, 1.54) is 24.3 Å². The van der Waals surface area contributed by atoms with Gasteiger partial charge in [0.25, 0.3) is 0 Å². The van der Waals surface area contributed by atoms with E-state index in [0.717, 1.165) is 36.4 Å². The summed E-state index contributed by atoms with van der Waals surface area (Å²) in [5.74, 6) is -5.66. The number of benzene rings is 3. The van der Waals surface area contributed by atoms with Gasteiger partial charge in [0.15, 0.2) is 52.3 Å². The molecule has 6 rings (SSSR count). The molecule has 3 heterocycles. The van der Waals surface area contributed by atoms with E-state index >= 15 is 0 Å². The van der Waals surface area contributed by atoms with Crippen LogP contribution in [-0.2, 0) is 23.7 Å². The lowest BCUT2D eigenvalue weighted by Crippen LogP contribution is -2.65. The number of carbonyl (C=O) groups is 1. The second-order valence-electron chi connectivity index (χ2n) is 12.8. The van der Waals surface area contributed by atoms with Crippen molar-refractivity contribution in [3.63, 3.8) is 0 Å². The Morgan fingerprint density at radius 1 is 0.714 bits per heavy atom. The summed E-state index contributed by atoms with van der Waals surface area (Å²) in [6, 6.07) is 9.15. The zero-order valence-electron chi connectivity index (χ0n) is 28.6. The molecular formula is C36H36O20. The first kappa shape index (κ1) is 40.0. The second kappa shape index (κ2) is 16.2. The highest BCUT2D eigenvalue weighted by molar-refractivity contribution is 5.89. The zero-order valence-corrected chi connectivity index (χ0v) is 28.6. The molecule has 12 N–H and O–H groups in total. The quantitative estimate of drug-likeness (QED) is 0.0519. The van der Waals surface area contributed by atoms with Crippen LogP contribution in [-0.4, -0.2) is 142 Å². The van der Waals surface area contributed by atoms with Crippen LogP contribution < -0.4 is 10.2 Å². The molecule has 0 radical (unpaired) electrons. The molecule has 2 aliphatic heterocycles. The SMILES string of the molecule is O=C(/C=C/c1ccc(O)c(O)c1)OC[C@H]1O[C@@H](O[C@@H]2[C@H](Oc3cc4oc(-c5ccc(O)c(O)c5)cc(=O)c4c(O)c3O)O[C@H](CO)[C@@H](O)[C@@H]2O)[C@@H](O)[C@@H](O)[C@@H]1O. The van der Waals surface area contributed by atoms with Gasteiger partial charge in [0.2, 0.25) is 12.0 Å². The summed E-state index contributed by atoms with van der Waals surface area (Å²) < 4.78 is 33.5. The van der Waals surface area contributed by atoms with Crippen molar-refractivity contribution in [2.45, 2.75) is 61.4 Å². The Labute approximate surface area is 313 Å². The van der Waals surface area contributed by atoms with Gasteiger partial charge in [-0.15, -0.1) is 0 Å². The van der Waals surface area contributed by atoms with Gasteiger partial charge in [-0.05, 0) is 42.0 Å². The number of fused-ring (bicyclic) bond motifs is 1. The van der Waals surface area contributed by atoms with E-state index in [9.17, 15) is 70.9 Å². The molecule has 2 fully saturated rings. The van der Waals surface area contributed by atoms with Crippen LogP contribution in [0.3, 0.4) is 0 Å². The summed E-state index contributed by atoms with van der Waals surface area (Å²) in [6.45, 7) is -1.62. The van der Waals surface area contributed by atoms with E-state index in [4.69, 9.17) is 28.1 Å². The van der Waals surface area contributed by atoms with Gasteiger partial charge in [-0.25, -0.2) is 4.79 Å². The summed E-state index contributed by atoms with van der Waals surface area (Å²) in [5, 5.41) is 123. The van der Waals surface area contributed by atoms with E-state index in [2.05, 4.69) is 0 Å². The van der Waals surface area contributed by atoms with Gasteiger partial charge in [-0.1, -0.05) is 6.07 Å². The monoisotopic (exact) mass is 788 g/mol. The van der Waals surface area contributed by atoms with Crippen LogP contribution in [0.5, 0.6) is 40.2 Å². The van der Waals surface area contributed by atoms with Crippen LogP contribution in [0.4, 0.5) is 0 Å². The summed E-state index contributed by atoms with van der Waals surface area (Å²) in [6.07, 6.45) is -16.6. The fourth-order valence-electron chi connectivity index (χ4n) is 5.94. The van der Waals surface area contributed by atoms with Crippen molar-refractivity contribution in [1.82, 2.24) is 0 Å². The van der Waals surface area contributed by atoms with Gasteiger partial charge in [-0.2, -0.15) is 0 Å². The number of phenolic OH excluding ortho intramolecular Hbond substituents is 6. The number of hydrogen-bond acceptors (Lipinski definition) is 20. The first-order valence-electron chi connectivity index (χ1n) is 16.6. The van der Waals surface area contributed by atoms with Crippen molar-refractivity contribution < 1.29 is 94.2 Å². The molecular weight excluding hydrogens is 752 g/mol. The number of carbonyl (C=O) groups excluding carboxylic acids is 1. The first-order valence-corrected chi connectivity index (χ1v) is 16.6. The van der Waals surface area contributed by atoms with Crippen molar-refractivity contribution in [2.75, 3.05) is 13.2 Å². The van der Waals surface area contributed by atoms with Crippen LogP contribution >= 0.6 is 0 Å². The Kier molecular flexibility index (Phi) is 11.6. The van der Waals surface area contributed by atoms with Crippen molar-refractivity contribution in [2.24, 2.45) is 0 Å². The highest BCUT2D eigenvalue weighted by atomic mass is 16.8. The molecule has 2 aliphatic rings. The van der Waals surface area contributed by atoms with Crippen LogP contribution in [0, 0.1) is 0 Å². The number of phenols is 6. The average molecular weight is 789 g/mol. The number of aliphatic hydroxyl groups is 6. The molecule has 56 heavy (non-hydrogen) atoms. The molecule has 1 aromatic heterocycles. The minimum Gasteiger partial charge on any atom is -0.504 e. The van der Waals surface area contributed by atoms with E-state index in [0.29, 0.717) is 5.56 Å². The van der Waals surface area contributed by atoms with E-state index in [1.807, 2.05) is 0 Å². The second-order valence-corrected chi connectivity index (χ2v) is 12.8. The number of aromatic hydroxyl groups is 6. The van der Waals surface area contributed by atoms with Crippen LogP contribution in [0.2, 0.25) is 0 Å². The lowest BCUT2D eigenvalue weighted by Gasteiger charge is -2.45. The molecule has 10 atom stereocenters. The Bertz CT molecular complexity index is 2170. The van der Waals surface area contributed by atoms with Gasteiger partial charge in [0.05, 0.1) is 6.61 Å². The minimum absolute atomic E-state index is 0.124. The van der Waals surface area contributed by atoms with E-state index in [-0.39, 0.29) is 22.7 Å². The zero-order chi connectivity index (χ0) is 40.6. The molecule has 3 aromatic carbocycles. The Morgan fingerprint density at radius 3 is 2.05 bits per heavy atom. The molecule has 20 heteroatoms. The van der Waals surface area contributed by atoms with E-state index in [1.54, 1.807) is 0 Å². The van der Waals surface area contributed by atoms with Gasteiger partial charge < -0.3 is 89.4 Å². The molecule has 0 unspecified atom stereocenters. The van der Waals surface area contributed by atoms with Crippen LogP contribution in [0.25, 0.3) is 28.4 Å². The Balaban J connectivity index is 1.24. The smallest absolute Gasteiger partial charge is 0.330 e. The van der Waals surface area contributed by atoms with Gasteiger partial charge >= 0.3 is 5.97 Å². The third-order valence-corrected chi connectivity index (χ3v) is 9.02. The summed E-state index contributed by atoms with van der Waals surface area (Å²) in [4.78, 5) is 25.4. The van der Waals surface area contributed by atoms with Gasteiger partial charge in [0.1, 0.15) is 66.1 Å². The molecule has 2 saturated heterocycles. The predicted octanol–water partition coefficient (Wildman–Crippen LogP) is -1.04. The summed E-state index contributed by atoms with van der Waals surface area (Å²) >= 11 is 0. The molecule has 4 aromatic rings. The highest BCUT2D eigenvalue weighted by Crippen LogP contribution is 2.43. The Hall–Kier alpha value is -5.68. The third kappa shape index (κ3) is 8.00. The molecule has 300 valence electrons. The summed E-state index contributed by atoms with van der Waals surface area (Å²) in [7, 11) is 0. The average Bonchev–Trinajstić information content (AvgIpc) is 3.17. The first-order chi connectivity index (χ1) is 26.6. The van der Waals surface area contributed by atoms with Gasteiger partial charge in [0, 0.05) is 23.8 Å². The third-order valence-electron chi connectivity index (χ3n) is 9.02. The van der Waals surface area contributed by atoms with Gasteiger partial charge in [-0.3, -0.25) is 4.79 Å². The molecule has 0 spiro atoms. The van der Waals surface area contributed by atoms with Crippen LogP contribution in [0.1, 0.15) is 5.56 Å². The highest BCUT2D eigenvalue weighted by Gasteiger charge is 2.52. The maximum Gasteiger partial charge on any atom is 0.330 e. The topological polar surface area (TPSA) is 336 Å². The fourth-order valence-corrected chi connectivity index (χ4v) is 5.94. The van der Waals surface area contributed by atoms with Crippen molar-refractivity contribution in [3.8, 4) is 51.6 Å². The standard InChI is InChI=1S/C36H36O20/c37-11-23-28(45)32(49)34(56-35-33(50)31(48)29(46)24(55-35)12-51-25(43)6-2-13-1-4-15(38)17(40)7-13)36(54-23)53-22-10-21-26(30(47)27(22)44)19(42)9-20(52-21)14-3-5-16(39)18(41)8-14/h1-10,23-24,28-29,31-41,44-50H,11-12H2/b6-2+/t23-,24-,28-,29-,31+,32+,33+,34+,35+,36-/m1/s1. The van der Waals surface area contributed by atoms with Crippen molar-refractivity contribution in [1.29, 1.82) is 0 Å². The lowest BCUT2D eigenvalue weighted by molar-refractivity contribution is -0.358. The maximum atomic E-state index is 13.0. The van der Waals surface area contributed by atoms with Crippen molar-refractivity contribution >= 4 is 23.0 Å². The Morgan fingerprint density at radius 2 is 1.38 bits per heavy atom. The number of aliphatic hydroxyl groups excluding tert-OH is 6. The molecule has 20 nitrogen and oxygen atoms in total. The number of ether oxygens (including phenoxy) is 5.